The van der Waals surface area contributed by atoms with E-state index in [4.69, 9.17) is 5.73 Å². The Hall–Kier alpha value is -1.26. The van der Waals surface area contributed by atoms with Crippen LogP contribution in [0, 0.1) is 5.92 Å². The summed E-state index contributed by atoms with van der Waals surface area (Å²) in [5.41, 5.74) is 5.40. The van der Waals surface area contributed by atoms with Crippen LogP contribution in [-0.2, 0) is 0 Å². The van der Waals surface area contributed by atoms with Crippen LogP contribution >= 0.6 is 0 Å². The highest BCUT2D eigenvalue weighted by Crippen LogP contribution is 2.33. The third-order valence-electron chi connectivity index (χ3n) is 2.26. The highest BCUT2D eigenvalue weighted by atomic mass is 15.3. The van der Waals surface area contributed by atoms with Gasteiger partial charge in [-0.25, -0.2) is 5.10 Å². The molecule has 0 radical (unpaired) electrons. The minimum atomic E-state index is 0.362. The largest absolute Gasteiger partial charge is 0.368 e. The fourth-order valence-corrected chi connectivity index (χ4v) is 1.47. The zero-order valence-electron chi connectivity index (χ0n) is 7.75. The van der Waals surface area contributed by atoms with Crippen LogP contribution in [-0.4, -0.2) is 21.2 Å². The molecule has 1 aliphatic rings. The molecule has 0 bridgehead atoms. The topological polar surface area (TPSA) is 79.6 Å². The van der Waals surface area contributed by atoms with Gasteiger partial charge < -0.3 is 11.1 Å². The number of rotatable bonds is 4. The van der Waals surface area contributed by atoms with Crippen molar-refractivity contribution in [3.05, 3.63) is 0 Å². The number of H-pyrrole nitrogens is 1. The van der Waals surface area contributed by atoms with E-state index < -0.39 is 0 Å². The lowest BCUT2D eigenvalue weighted by Crippen LogP contribution is -2.16. The molecular weight excluding hydrogens is 166 g/mol. The van der Waals surface area contributed by atoms with E-state index in [1.807, 2.05) is 0 Å². The number of anilines is 2. The average molecular weight is 181 g/mol. The summed E-state index contributed by atoms with van der Waals surface area (Å²) in [5, 5.41) is 9.71. The van der Waals surface area contributed by atoms with Gasteiger partial charge in [-0.15, -0.1) is 5.10 Å². The summed E-state index contributed by atoms with van der Waals surface area (Å²) >= 11 is 0. The van der Waals surface area contributed by atoms with Gasteiger partial charge in [0, 0.05) is 6.04 Å². The molecule has 1 unspecified atom stereocenters. The number of nitrogen functional groups attached to an aromatic ring is 1. The Morgan fingerprint density at radius 3 is 3.00 bits per heavy atom. The first-order valence-electron chi connectivity index (χ1n) is 4.68. The normalized spacial score (nSPS) is 18.5. The lowest BCUT2D eigenvalue weighted by Gasteiger charge is -2.10. The van der Waals surface area contributed by atoms with Crippen LogP contribution in [0.3, 0.4) is 0 Å². The Labute approximate surface area is 77.1 Å². The molecule has 1 saturated carbocycles. The van der Waals surface area contributed by atoms with Crippen molar-refractivity contribution in [2.24, 2.45) is 5.92 Å². The average Bonchev–Trinajstić information content (AvgIpc) is 2.76. The second kappa shape index (κ2) is 3.24. The van der Waals surface area contributed by atoms with Gasteiger partial charge in [-0.1, -0.05) is 12.8 Å². The summed E-state index contributed by atoms with van der Waals surface area (Å²) in [5.74, 6) is 1.88. The first kappa shape index (κ1) is 8.34. The summed E-state index contributed by atoms with van der Waals surface area (Å²) in [6.45, 7) is 2.14. The summed E-state index contributed by atoms with van der Waals surface area (Å²) < 4.78 is 0. The van der Waals surface area contributed by atoms with Crippen LogP contribution in [0.25, 0.3) is 0 Å². The van der Waals surface area contributed by atoms with Gasteiger partial charge in [-0.05, 0) is 19.3 Å². The minimum Gasteiger partial charge on any atom is -0.368 e. The summed E-state index contributed by atoms with van der Waals surface area (Å²) in [4.78, 5) is 3.98. The molecule has 0 amide bonds. The Morgan fingerprint density at radius 1 is 1.69 bits per heavy atom. The zero-order valence-corrected chi connectivity index (χ0v) is 7.75. The van der Waals surface area contributed by atoms with Gasteiger partial charge in [0.05, 0.1) is 0 Å². The summed E-state index contributed by atoms with van der Waals surface area (Å²) in [6, 6.07) is 0.433. The lowest BCUT2D eigenvalue weighted by atomic mass is 10.2. The smallest absolute Gasteiger partial charge is 0.243 e. The molecule has 1 heterocycles. The third-order valence-corrected chi connectivity index (χ3v) is 2.26. The van der Waals surface area contributed by atoms with Crippen LogP contribution in [0.1, 0.15) is 26.2 Å². The van der Waals surface area contributed by atoms with E-state index in [1.165, 1.54) is 19.3 Å². The predicted molar refractivity (Wildman–Crippen MR) is 51.2 cm³/mol. The van der Waals surface area contributed by atoms with E-state index >= 15 is 0 Å². The van der Waals surface area contributed by atoms with Crippen molar-refractivity contribution < 1.29 is 0 Å². The van der Waals surface area contributed by atoms with E-state index in [0.29, 0.717) is 17.9 Å². The molecular formula is C8H15N5. The van der Waals surface area contributed by atoms with E-state index in [1.54, 1.807) is 0 Å². The van der Waals surface area contributed by atoms with Crippen molar-refractivity contribution in [1.82, 2.24) is 15.2 Å². The van der Waals surface area contributed by atoms with Gasteiger partial charge in [0.1, 0.15) is 0 Å². The van der Waals surface area contributed by atoms with E-state index in [0.717, 1.165) is 5.92 Å². The van der Waals surface area contributed by atoms with Crippen LogP contribution in [0.4, 0.5) is 11.9 Å². The monoisotopic (exact) mass is 181 g/mol. The van der Waals surface area contributed by atoms with E-state index in [9.17, 15) is 0 Å². The first-order valence-corrected chi connectivity index (χ1v) is 4.68. The van der Waals surface area contributed by atoms with Gasteiger partial charge in [-0.2, -0.15) is 4.98 Å². The first-order chi connectivity index (χ1) is 6.24. The fourth-order valence-electron chi connectivity index (χ4n) is 1.47. The maximum atomic E-state index is 5.40. The Bertz CT molecular complexity index is 278. The van der Waals surface area contributed by atoms with Crippen molar-refractivity contribution in [3.63, 3.8) is 0 Å². The Kier molecular flexibility index (Phi) is 2.08. The van der Waals surface area contributed by atoms with Crippen LogP contribution in [0.5, 0.6) is 0 Å². The number of aromatic amines is 1. The van der Waals surface area contributed by atoms with Crippen molar-refractivity contribution >= 4 is 11.9 Å². The minimum absolute atomic E-state index is 0.362. The number of hydrogen-bond donors (Lipinski definition) is 3. The summed E-state index contributed by atoms with van der Waals surface area (Å²) in [6.07, 6.45) is 3.96. The number of aromatic nitrogens is 3. The van der Waals surface area contributed by atoms with Gasteiger partial charge in [0.2, 0.25) is 11.9 Å². The van der Waals surface area contributed by atoms with Gasteiger partial charge in [0.15, 0.2) is 0 Å². The fraction of sp³-hybridized carbons (Fsp3) is 0.750. The second-order valence-corrected chi connectivity index (χ2v) is 3.77. The molecule has 0 aliphatic heterocycles. The molecule has 1 aromatic heterocycles. The molecule has 1 aliphatic carbocycles. The zero-order chi connectivity index (χ0) is 9.26. The molecule has 1 fully saturated rings. The second-order valence-electron chi connectivity index (χ2n) is 3.77. The SMILES string of the molecule is CC(CC1CC1)Nc1n[nH]c(N)n1. The standard InChI is InChI=1S/C8H15N5/c1-5(4-6-2-3-6)10-8-11-7(9)12-13-8/h5-6H,2-4H2,1H3,(H4,9,10,11,12,13). The Morgan fingerprint density at radius 2 is 2.46 bits per heavy atom. The number of hydrogen-bond acceptors (Lipinski definition) is 4. The predicted octanol–water partition coefficient (Wildman–Crippen LogP) is 0.987. The number of nitrogens with two attached hydrogens (primary N) is 1. The molecule has 5 heteroatoms. The van der Waals surface area contributed by atoms with Crippen molar-refractivity contribution in [3.8, 4) is 0 Å². The molecule has 13 heavy (non-hydrogen) atoms. The quantitative estimate of drug-likeness (QED) is 0.647. The highest BCUT2D eigenvalue weighted by molar-refractivity contribution is 5.30. The number of nitrogens with one attached hydrogen (secondary N) is 2. The molecule has 1 aromatic rings. The molecule has 0 saturated heterocycles. The van der Waals surface area contributed by atoms with E-state index in [2.05, 4.69) is 27.4 Å². The van der Waals surface area contributed by atoms with Crippen molar-refractivity contribution in [1.29, 1.82) is 0 Å². The molecule has 4 N–H and O–H groups in total. The third kappa shape index (κ3) is 2.34. The van der Waals surface area contributed by atoms with Crippen LogP contribution in [0.2, 0.25) is 0 Å². The van der Waals surface area contributed by atoms with Crippen molar-refractivity contribution in [2.45, 2.75) is 32.2 Å². The molecule has 5 nitrogen and oxygen atoms in total. The van der Waals surface area contributed by atoms with Crippen molar-refractivity contribution in [2.75, 3.05) is 11.1 Å². The van der Waals surface area contributed by atoms with Gasteiger partial charge >= 0.3 is 0 Å². The highest BCUT2D eigenvalue weighted by Gasteiger charge is 2.23. The maximum Gasteiger partial charge on any atom is 0.243 e. The van der Waals surface area contributed by atoms with Crippen LogP contribution < -0.4 is 11.1 Å². The lowest BCUT2D eigenvalue weighted by molar-refractivity contribution is 0.638. The Balaban J connectivity index is 1.82. The molecule has 72 valence electrons. The maximum absolute atomic E-state index is 5.40. The molecule has 1 atom stereocenters. The van der Waals surface area contributed by atoms with E-state index in [-0.39, 0.29) is 0 Å². The molecule has 0 aromatic carbocycles. The van der Waals surface area contributed by atoms with Crippen LogP contribution in [0.15, 0.2) is 0 Å². The summed E-state index contributed by atoms with van der Waals surface area (Å²) in [7, 11) is 0. The number of nitrogens with zero attached hydrogens (tertiary/aromatic N) is 2. The molecule has 2 rings (SSSR count). The van der Waals surface area contributed by atoms with Gasteiger partial charge in [-0.3, -0.25) is 0 Å². The van der Waals surface area contributed by atoms with Gasteiger partial charge in [0.25, 0.3) is 0 Å². The molecule has 0 spiro atoms.